The van der Waals surface area contributed by atoms with Crippen molar-refractivity contribution in [3.63, 3.8) is 0 Å². The number of fused-ring (bicyclic) bond motifs is 1. The Bertz CT molecular complexity index is 989. The van der Waals surface area contributed by atoms with Gasteiger partial charge < -0.3 is 20.0 Å². The van der Waals surface area contributed by atoms with Crippen molar-refractivity contribution < 1.29 is 14.4 Å². The Morgan fingerprint density at radius 1 is 1.14 bits per heavy atom. The predicted octanol–water partition coefficient (Wildman–Crippen LogP) is 4.63. The van der Waals surface area contributed by atoms with Crippen molar-refractivity contribution in [1.82, 2.24) is 14.7 Å². The van der Waals surface area contributed by atoms with Crippen molar-refractivity contribution >= 4 is 47.1 Å². The Morgan fingerprint density at radius 3 is 2.58 bits per heavy atom. The highest BCUT2D eigenvalue weighted by Crippen LogP contribution is 2.50. The summed E-state index contributed by atoms with van der Waals surface area (Å²) in [6, 6.07) is 8.00. The molecular weight excluding hydrogens is 492 g/mol. The van der Waals surface area contributed by atoms with Crippen LogP contribution in [0.1, 0.15) is 57.9 Å². The molecule has 5 rings (SSSR count). The van der Waals surface area contributed by atoms with Crippen molar-refractivity contribution in [3.8, 4) is 0 Å². The van der Waals surface area contributed by atoms with Crippen LogP contribution in [0.15, 0.2) is 24.3 Å². The molecule has 7 nitrogen and oxygen atoms in total. The third kappa shape index (κ3) is 5.23. The number of anilines is 1. The first-order valence-electron chi connectivity index (χ1n) is 13.4. The number of urea groups is 1. The standard InChI is InChI=1S/C27H38N4O3S2/c1-19(2)7-14-31-25(33)23(36-27(31)10-15-35-16-11-27)17-24(32)29-12-8-21(9-13-29)30-18-20-5-3-4-6-22(20)28-26(30)34/h3-6,19,21,23H,7-18H2,1-2H3,(H,28,34)/t23-/m0/s1. The van der Waals surface area contributed by atoms with Crippen LogP contribution in [0.5, 0.6) is 0 Å². The monoisotopic (exact) mass is 530 g/mol. The SMILES string of the molecule is CC(C)CCN1C(=O)[C@H](CC(=O)N2CCC(N3Cc4ccccc4NC3=O)CC2)SC12CCSCC2. The molecule has 0 unspecified atom stereocenters. The highest BCUT2D eigenvalue weighted by Gasteiger charge is 2.52. The van der Waals surface area contributed by atoms with Crippen molar-refractivity contribution in [2.45, 2.75) is 75.1 Å². The van der Waals surface area contributed by atoms with Gasteiger partial charge in [-0.3, -0.25) is 9.59 Å². The number of benzene rings is 1. The molecule has 4 amide bonds. The molecule has 4 aliphatic heterocycles. The summed E-state index contributed by atoms with van der Waals surface area (Å²) < 4.78 is 0. The van der Waals surface area contributed by atoms with Crippen LogP contribution in [0.3, 0.4) is 0 Å². The number of nitrogens with one attached hydrogen (secondary N) is 1. The van der Waals surface area contributed by atoms with Gasteiger partial charge >= 0.3 is 6.03 Å². The van der Waals surface area contributed by atoms with E-state index in [1.54, 1.807) is 11.8 Å². The molecule has 0 bridgehead atoms. The van der Waals surface area contributed by atoms with Gasteiger partial charge in [0, 0.05) is 44.3 Å². The number of amides is 4. The summed E-state index contributed by atoms with van der Waals surface area (Å²) in [6.45, 7) is 7.09. The van der Waals surface area contributed by atoms with Crippen LogP contribution in [0.4, 0.5) is 10.5 Å². The second kappa shape index (κ2) is 10.9. The summed E-state index contributed by atoms with van der Waals surface area (Å²) in [7, 11) is 0. The Kier molecular flexibility index (Phi) is 7.77. The first-order valence-corrected chi connectivity index (χ1v) is 15.4. The smallest absolute Gasteiger partial charge is 0.322 e. The second-order valence-corrected chi connectivity index (χ2v) is 13.7. The van der Waals surface area contributed by atoms with Gasteiger partial charge in [-0.25, -0.2) is 4.79 Å². The molecule has 196 valence electrons. The van der Waals surface area contributed by atoms with E-state index in [9.17, 15) is 14.4 Å². The lowest BCUT2D eigenvalue weighted by atomic mass is 10.0. The summed E-state index contributed by atoms with van der Waals surface area (Å²) in [5.74, 6) is 2.97. The van der Waals surface area contributed by atoms with E-state index in [1.807, 2.05) is 39.8 Å². The van der Waals surface area contributed by atoms with Crippen LogP contribution in [0.25, 0.3) is 0 Å². The number of piperidine rings is 1. The lowest BCUT2D eigenvalue weighted by molar-refractivity contribution is -0.138. The molecule has 1 atom stereocenters. The summed E-state index contributed by atoms with van der Waals surface area (Å²) in [6.07, 6.45) is 4.87. The van der Waals surface area contributed by atoms with E-state index in [2.05, 4.69) is 30.1 Å². The Hall–Kier alpha value is -1.87. The summed E-state index contributed by atoms with van der Waals surface area (Å²) in [5.41, 5.74) is 2.02. The maximum atomic E-state index is 13.5. The number of nitrogens with zero attached hydrogens (tertiary/aromatic N) is 3. The molecule has 0 aromatic heterocycles. The highest BCUT2D eigenvalue weighted by atomic mass is 32.2. The summed E-state index contributed by atoms with van der Waals surface area (Å²) >= 11 is 3.74. The zero-order valence-corrected chi connectivity index (χ0v) is 23.0. The first-order chi connectivity index (χ1) is 17.4. The van der Waals surface area contributed by atoms with Crippen molar-refractivity contribution in [1.29, 1.82) is 0 Å². The van der Waals surface area contributed by atoms with E-state index in [1.165, 1.54) is 0 Å². The second-order valence-electron chi connectivity index (χ2n) is 10.9. The fourth-order valence-corrected chi connectivity index (χ4v) is 9.05. The fraction of sp³-hybridized carbons (Fsp3) is 0.667. The molecule has 9 heteroatoms. The van der Waals surface area contributed by atoms with E-state index in [4.69, 9.17) is 0 Å². The number of hydrogen-bond acceptors (Lipinski definition) is 5. The molecule has 0 radical (unpaired) electrons. The minimum atomic E-state index is -0.269. The van der Waals surface area contributed by atoms with E-state index in [0.717, 1.165) is 61.4 Å². The van der Waals surface area contributed by atoms with Crippen LogP contribution in [-0.2, 0) is 16.1 Å². The zero-order valence-electron chi connectivity index (χ0n) is 21.4. The molecule has 3 fully saturated rings. The van der Waals surface area contributed by atoms with Crippen molar-refractivity contribution in [3.05, 3.63) is 29.8 Å². The number of carbonyl (C=O) groups is 3. The van der Waals surface area contributed by atoms with Gasteiger partial charge in [0.15, 0.2) is 0 Å². The summed E-state index contributed by atoms with van der Waals surface area (Å²) in [5, 5.41) is 2.74. The molecule has 36 heavy (non-hydrogen) atoms. The molecule has 0 saturated carbocycles. The van der Waals surface area contributed by atoms with Crippen molar-refractivity contribution in [2.24, 2.45) is 5.92 Å². The maximum absolute atomic E-state index is 13.5. The normalized spacial score (nSPS) is 24.4. The zero-order chi connectivity index (χ0) is 25.3. The van der Waals surface area contributed by atoms with Gasteiger partial charge in [-0.1, -0.05) is 32.0 Å². The lowest BCUT2D eigenvalue weighted by Crippen LogP contribution is -2.51. The molecule has 4 heterocycles. The maximum Gasteiger partial charge on any atom is 0.322 e. The van der Waals surface area contributed by atoms with Crippen LogP contribution in [0.2, 0.25) is 0 Å². The van der Waals surface area contributed by atoms with Crippen LogP contribution in [-0.4, -0.2) is 79.8 Å². The van der Waals surface area contributed by atoms with Crippen LogP contribution >= 0.6 is 23.5 Å². The van der Waals surface area contributed by atoms with E-state index in [0.29, 0.717) is 32.0 Å². The van der Waals surface area contributed by atoms with E-state index in [-0.39, 0.29) is 34.0 Å². The first kappa shape index (κ1) is 25.8. The minimum Gasteiger partial charge on any atom is -0.342 e. The Labute approximate surface area is 223 Å². The van der Waals surface area contributed by atoms with Gasteiger partial charge in [-0.05, 0) is 61.2 Å². The molecule has 4 aliphatic rings. The number of rotatable bonds is 6. The molecule has 1 spiro atoms. The third-order valence-corrected chi connectivity index (χ3v) is 10.8. The van der Waals surface area contributed by atoms with Crippen LogP contribution in [0, 0.1) is 5.92 Å². The Balaban J connectivity index is 1.17. The fourth-order valence-electron chi connectivity index (χ4n) is 5.89. The van der Waals surface area contributed by atoms with E-state index < -0.39 is 0 Å². The largest absolute Gasteiger partial charge is 0.342 e. The summed E-state index contributed by atoms with van der Waals surface area (Å²) in [4.78, 5) is 45.3. The third-order valence-electron chi connectivity index (χ3n) is 8.08. The number of likely N-dealkylation sites (tertiary alicyclic amines) is 1. The minimum absolute atomic E-state index is 0.0520. The molecular formula is C27H38N4O3S2. The lowest BCUT2D eigenvalue weighted by Gasteiger charge is -2.41. The molecule has 1 aromatic rings. The van der Waals surface area contributed by atoms with E-state index >= 15 is 0 Å². The van der Waals surface area contributed by atoms with Crippen LogP contribution < -0.4 is 5.32 Å². The highest BCUT2D eigenvalue weighted by molar-refractivity contribution is 8.03. The number of para-hydroxylation sites is 1. The Morgan fingerprint density at radius 2 is 1.86 bits per heavy atom. The average molecular weight is 531 g/mol. The van der Waals surface area contributed by atoms with Gasteiger partial charge in [0.2, 0.25) is 11.8 Å². The quantitative estimate of drug-likeness (QED) is 0.581. The van der Waals surface area contributed by atoms with Gasteiger partial charge in [0.05, 0.1) is 10.1 Å². The van der Waals surface area contributed by atoms with Gasteiger partial charge in [-0.15, -0.1) is 11.8 Å². The molecule has 1 N–H and O–H groups in total. The average Bonchev–Trinajstić information content (AvgIpc) is 3.12. The topological polar surface area (TPSA) is 73.0 Å². The number of hydrogen-bond donors (Lipinski definition) is 1. The van der Waals surface area contributed by atoms with Gasteiger partial charge in [-0.2, -0.15) is 11.8 Å². The number of thioether (sulfide) groups is 2. The van der Waals surface area contributed by atoms with Gasteiger partial charge in [0.25, 0.3) is 0 Å². The molecule has 1 aromatic carbocycles. The molecule has 3 saturated heterocycles. The van der Waals surface area contributed by atoms with Gasteiger partial charge in [0.1, 0.15) is 0 Å². The number of carbonyl (C=O) groups excluding carboxylic acids is 3. The van der Waals surface area contributed by atoms with Crippen molar-refractivity contribution in [2.75, 3.05) is 36.5 Å². The molecule has 0 aliphatic carbocycles. The predicted molar refractivity (Wildman–Crippen MR) is 147 cm³/mol.